The van der Waals surface area contributed by atoms with Crippen molar-refractivity contribution < 1.29 is 0 Å². The van der Waals surface area contributed by atoms with E-state index < -0.39 is 0 Å². The van der Waals surface area contributed by atoms with Gasteiger partial charge in [0.15, 0.2) is 0 Å². The molecule has 0 saturated heterocycles. The summed E-state index contributed by atoms with van der Waals surface area (Å²) in [6, 6.07) is 2.66. The zero-order valence-electron chi connectivity index (χ0n) is 11.3. The van der Waals surface area contributed by atoms with E-state index in [1.165, 1.54) is 25.7 Å². The molecule has 2 aromatic rings. The van der Waals surface area contributed by atoms with Gasteiger partial charge in [-0.1, -0.05) is 19.8 Å². The molecule has 1 saturated carbocycles. The Labute approximate surface area is 122 Å². The Morgan fingerprint density at radius 1 is 1.37 bits per heavy atom. The van der Waals surface area contributed by atoms with E-state index >= 15 is 0 Å². The molecule has 2 atom stereocenters. The number of anilines is 1. The molecule has 2 aromatic heterocycles. The van der Waals surface area contributed by atoms with Gasteiger partial charge in [0.1, 0.15) is 10.6 Å². The number of aromatic nitrogens is 2. The van der Waals surface area contributed by atoms with Crippen LogP contribution in [0.1, 0.15) is 32.6 Å². The smallest absolute Gasteiger partial charge is 0.225 e. The van der Waals surface area contributed by atoms with Crippen molar-refractivity contribution in [2.45, 2.75) is 38.6 Å². The molecule has 5 heteroatoms. The van der Waals surface area contributed by atoms with Crippen LogP contribution < -0.4 is 4.90 Å². The summed E-state index contributed by atoms with van der Waals surface area (Å²) >= 11 is 7.67. The number of hydrogen-bond acceptors (Lipinski definition) is 4. The Morgan fingerprint density at radius 2 is 2.21 bits per heavy atom. The maximum atomic E-state index is 6.05. The van der Waals surface area contributed by atoms with Crippen molar-refractivity contribution in [1.29, 1.82) is 0 Å². The van der Waals surface area contributed by atoms with Gasteiger partial charge in [-0.25, -0.2) is 4.98 Å². The molecular weight excluding hydrogens is 278 g/mol. The van der Waals surface area contributed by atoms with Crippen molar-refractivity contribution >= 4 is 39.0 Å². The third-order valence-corrected chi connectivity index (χ3v) is 5.04. The topological polar surface area (TPSA) is 29.0 Å². The fraction of sp³-hybridized carbons (Fsp3) is 0.571. The fourth-order valence-corrected chi connectivity index (χ4v) is 3.98. The van der Waals surface area contributed by atoms with Crippen LogP contribution >= 0.6 is 22.9 Å². The highest BCUT2D eigenvalue weighted by atomic mass is 35.5. The minimum Gasteiger partial charge on any atom is -0.356 e. The number of halogens is 1. The fourth-order valence-electron chi connectivity index (χ4n) is 3.01. The Kier molecular flexibility index (Phi) is 3.63. The van der Waals surface area contributed by atoms with Gasteiger partial charge in [0.05, 0.1) is 5.39 Å². The van der Waals surface area contributed by atoms with E-state index in [-0.39, 0.29) is 0 Å². The van der Waals surface area contributed by atoms with E-state index in [0.717, 1.165) is 22.0 Å². The zero-order valence-corrected chi connectivity index (χ0v) is 12.8. The van der Waals surface area contributed by atoms with E-state index in [2.05, 4.69) is 40.3 Å². The van der Waals surface area contributed by atoms with Gasteiger partial charge in [0.2, 0.25) is 5.28 Å². The first-order valence-electron chi connectivity index (χ1n) is 6.78. The molecule has 3 rings (SSSR count). The van der Waals surface area contributed by atoms with E-state index in [4.69, 9.17) is 11.6 Å². The summed E-state index contributed by atoms with van der Waals surface area (Å²) in [4.78, 5) is 12.0. The van der Waals surface area contributed by atoms with Gasteiger partial charge >= 0.3 is 0 Å². The zero-order chi connectivity index (χ0) is 13.4. The molecular formula is C14H18ClN3S. The average molecular weight is 296 g/mol. The number of nitrogens with zero attached hydrogens (tertiary/aromatic N) is 3. The summed E-state index contributed by atoms with van der Waals surface area (Å²) in [5.74, 6) is 1.78. The number of hydrogen-bond donors (Lipinski definition) is 0. The Balaban J connectivity index is 1.96. The summed E-state index contributed by atoms with van der Waals surface area (Å²) in [6.07, 6.45) is 5.14. The molecule has 19 heavy (non-hydrogen) atoms. The molecule has 1 fully saturated rings. The molecule has 0 radical (unpaired) electrons. The SMILES string of the molecule is CC1CCCC(N(C)c2nc(Cl)nc3sccc23)C1. The van der Waals surface area contributed by atoms with Crippen molar-refractivity contribution in [3.8, 4) is 0 Å². The first-order valence-corrected chi connectivity index (χ1v) is 8.04. The standard InChI is InChI=1S/C14H18ClN3S/c1-9-4-3-5-10(8-9)18(2)12-11-6-7-19-13(11)17-14(15)16-12/h6-7,9-10H,3-5,8H2,1-2H3. The van der Waals surface area contributed by atoms with Gasteiger partial charge in [-0.15, -0.1) is 11.3 Å². The summed E-state index contributed by atoms with van der Waals surface area (Å²) in [5, 5.41) is 3.52. The summed E-state index contributed by atoms with van der Waals surface area (Å²) < 4.78 is 0. The predicted molar refractivity (Wildman–Crippen MR) is 82.2 cm³/mol. The van der Waals surface area contributed by atoms with Gasteiger partial charge < -0.3 is 4.90 Å². The first-order chi connectivity index (χ1) is 9.15. The molecule has 102 valence electrons. The average Bonchev–Trinajstić information content (AvgIpc) is 2.85. The molecule has 1 aliphatic carbocycles. The lowest BCUT2D eigenvalue weighted by Gasteiger charge is -2.35. The third-order valence-electron chi connectivity index (χ3n) is 4.07. The second kappa shape index (κ2) is 5.25. The maximum absolute atomic E-state index is 6.05. The lowest BCUT2D eigenvalue weighted by molar-refractivity contribution is 0.336. The normalized spacial score (nSPS) is 23.7. The van der Waals surface area contributed by atoms with Gasteiger partial charge in [-0.2, -0.15) is 4.98 Å². The number of thiophene rings is 1. The summed E-state index contributed by atoms with van der Waals surface area (Å²) in [5.41, 5.74) is 0. The van der Waals surface area contributed by atoms with Crippen molar-refractivity contribution in [2.75, 3.05) is 11.9 Å². The molecule has 0 aliphatic heterocycles. The second-order valence-electron chi connectivity index (χ2n) is 5.49. The van der Waals surface area contributed by atoms with Gasteiger partial charge in [-0.05, 0) is 41.8 Å². The Morgan fingerprint density at radius 3 is 3.00 bits per heavy atom. The van der Waals surface area contributed by atoms with Gasteiger partial charge in [0, 0.05) is 13.1 Å². The molecule has 0 N–H and O–H groups in total. The molecule has 0 amide bonds. The molecule has 2 unspecified atom stereocenters. The van der Waals surface area contributed by atoms with Crippen LogP contribution in [0.5, 0.6) is 0 Å². The van der Waals surface area contributed by atoms with Crippen molar-refractivity contribution in [3.05, 3.63) is 16.7 Å². The van der Waals surface area contributed by atoms with Crippen LogP contribution in [0.15, 0.2) is 11.4 Å². The van der Waals surface area contributed by atoms with Crippen LogP contribution in [-0.4, -0.2) is 23.1 Å². The lowest BCUT2D eigenvalue weighted by atomic mass is 9.86. The van der Waals surface area contributed by atoms with E-state index in [1.807, 2.05) is 0 Å². The van der Waals surface area contributed by atoms with Crippen LogP contribution in [0, 0.1) is 5.92 Å². The first kappa shape index (κ1) is 13.1. The van der Waals surface area contributed by atoms with Crippen LogP contribution in [0.2, 0.25) is 5.28 Å². The van der Waals surface area contributed by atoms with Gasteiger partial charge in [0.25, 0.3) is 0 Å². The molecule has 0 aromatic carbocycles. The van der Waals surface area contributed by atoms with Crippen molar-refractivity contribution in [3.63, 3.8) is 0 Å². The van der Waals surface area contributed by atoms with Crippen LogP contribution in [0.25, 0.3) is 10.2 Å². The second-order valence-corrected chi connectivity index (χ2v) is 6.72. The molecule has 0 spiro atoms. The Bertz CT molecular complexity index is 583. The third kappa shape index (κ3) is 2.56. The number of fused-ring (bicyclic) bond motifs is 1. The van der Waals surface area contributed by atoms with Crippen LogP contribution in [0.3, 0.4) is 0 Å². The van der Waals surface area contributed by atoms with Crippen molar-refractivity contribution in [2.24, 2.45) is 5.92 Å². The van der Waals surface area contributed by atoms with Crippen molar-refractivity contribution in [1.82, 2.24) is 9.97 Å². The van der Waals surface area contributed by atoms with Gasteiger partial charge in [-0.3, -0.25) is 0 Å². The van der Waals surface area contributed by atoms with E-state index in [1.54, 1.807) is 11.3 Å². The maximum Gasteiger partial charge on any atom is 0.225 e. The summed E-state index contributed by atoms with van der Waals surface area (Å²) in [6.45, 7) is 2.34. The largest absolute Gasteiger partial charge is 0.356 e. The minimum absolute atomic E-state index is 0.348. The molecule has 0 bridgehead atoms. The monoisotopic (exact) mass is 295 g/mol. The predicted octanol–water partition coefficient (Wildman–Crippen LogP) is 4.36. The summed E-state index contributed by atoms with van der Waals surface area (Å²) in [7, 11) is 2.14. The van der Waals surface area contributed by atoms with Crippen LogP contribution in [0.4, 0.5) is 5.82 Å². The molecule has 3 nitrogen and oxygen atoms in total. The molecule has 2 heterocycles. The highest BCUT2D eigenvalue weighted by molar-refractivity contribution is 7.16. The highest BCUT2D eigenvalue weighted by Gasteiger charge is 2.24. The number of rotatable bonds is 2. The minimum atomic E-state index is 0.348. The molecule has 1 aliphatic rings. The van der Waals surface area contributed by atoms with E-state index in [0.29, 0.717) is 11.3 Å². The van der Waals surface area contributed by atoms with Crippen LogP contribution in [-0.2, 0) is 0 Å². The Hall–Kier alpha value is -0.870. The highest BCUT2D eigenvalue weighted by Crippen LogP contribution is 2.33. The quantitative estimate of drug-likeness (QED) is 0.771. The van der Waals surface area contributed by atoms with E-state index in [9.17, 15) is 0 Å². The lowest BCUT2D eigenvalue weighted by Crippen LogP contribution is -2.36.